The highest BCUT2D eigenvalue weighted by molar-refractivity contribution is 5.74. The van der Waals surface area contributed by atoms with Gasteiger partial charge in [0.05, 0.1) is 12.4 Å². The summed E-state index contributed by atoms with van der Waals surface area (Å²) < 4.78 is 30.6. The van der Waals surface area contributed by atoms with Gasteiger partial charge in [-0.2, -0.15) is 8.78 Å². The van der Waals surface area contributed by atoms with Crippen LogP contribution in [-0.2, 0) is 0 Å². The summed E-state index contributed by atoms with van der Waals surface area (Å²) in [6.45, 7) is -0.901. The number of pyridine rings is 2. The van der Waals surface area contributed by atoms with Crippen molar-refractivity contribution in [2.45, 2.75) is 19.6 Å². The minimum Gasteiger partial charge on any atom is -0.415 e. The molecule has 8 nitrogen and oxygen atoms in total. The normalized spacial score (nSPS) is 12.4. The van der Waals surface area contributed by atoms with Crippen molar-refractivity contribution in [2.75, 3.05) is 5.32 Å². The zero-order valence-electron chi connectivity index (χ0n) is 14.2. The van der Waals surface area contributed by atoms with E-state index in [1.807, 2.05) is 29.7 Å². The summed E-state index contributed by atoms with van der Waals surface area (Å²) in [4.78, 5) is 13.1. The van der Waals surface area contributed by atoms with E-state index in [4.69, 9.17) is 0 Å². The summed E-state index contributed by atoms with van der Waals surface area (Å²) in [6.07, 6.45) is 5.25. The second-order valence-electron chi connectivity index (χ2n) is 5.78. The van der Waals surface area contributed by atoms with Crippen LogP contribution in [0.3, 0.4) is 0 Å². The van der Waals surface area contributed by atoms with Crippen LogP contribution in [-0.4, -0.2) is 36.3 Å². The number of aromatic amines is 1. The van der Waals surface area contributed by atoms with Crippen LogP contribution in [0.15, 0.2) is 49.1 Å². The number of rotatable bonds is 6. The smallest absolute Gasteiger partial charge is 0.388 e. The zero-order chi connectivity index (χ0) is 18.8. The van der Waals surface area contributed by atoms with Crippen molar-refractivity contribution in [1.29, 1.82) is 0 Å². The molecule has 0 fully saturated rings. The maximum Gasteiger partial charge on any atom is 0.388 e. The third kappa shape index (κ3) is 3.54. The summed E-state index contributed by atoms with van der Waals surface area (Å²) in [5, 5.41) is 9.20. The number of anilines is 2. The van der Waals surface area contributed by atoms with E-state index < -0.39 is 6.61 Å². The predicted octanol–water partition coefficient (Wildman–Crippen LogP) is 3.50. The Bertz CT molecular complexity index is 1050. The number of alkyl halides is 2. The number of ether oxygens (including phenoxy) is 1. The second kappa shape index (κ2) is 6.98. The molecule has 10 heteroatoms. The molecule has 0 aliphatic heterocycles. The third-order valence-electron chi connectivity index (χ3n) is 4.03. The maximum atomic E-state index is 12.2. The average molecular weight is 371 g/mol. The summed E-state index contributed by atoms with van der Waals surface area (Å²) in [6, 6.07) is 8.74. The van der Waals surface area contributed by atoms with Gasteiger partial charge in [-0.25, -0.2) is 9.97 Å². The van der Waals surface area contributed by atoms with E-state index in [1.54, 1.807) is 24.8 Å². The summed E-state index contributed by atoms with van der Waals surface area (Å²) >= 11 is 0. The molecule has 1 atom stereocenters. The average Bonchev–Trinajstić information content (AvgIpc) is 3.28. The molecule has 0 bridgehead atoms. The fourth-order valence-corrected chi connectivity index (χ4v) is 2.70. The van der Waals surface area contributed by atoms with Crippen molar-refractivity contribution < 1.29 is 13.5 Å². The number of fused-ring (bicyclic) bond motifs is 1. The number of imidazole rings is 1. The van der Waals surface area contributed by atoms with Crippen molar-refractivity contribution in [3.05, 3.63) is 54.6 Å². The molecule has 0 radical (unpaired) electrons. The number of H-pyrrole nitrogens is 1. The fraction of sp³-hybridized carbons (Fsp3) is 0.176. The van der Waals surface area contributed by atoms with E-state index in [2.05, 4.69) is 35.2 Å². The molecule has 2 N–H and O–H groups in total. The minimum atomic E-state index is -2.93. The minimum absolute atomic E-state index is 0.00958. The molecule has 0 aliphatic carbocycles. The first-order valence-electron chi connectivity index (χ1n) is 8.11. The van der Waals surface area contributed by atoms with Gasteiger partial charge in [-0.1, -0.05) is 6.07 Å². The SMILES string of the molecule is C[C@@H](c1cccnc1)n1cnc2ccc(Nc3cc(OC(F)F)n[nH]3)nc21. The molecule has 0 unspecified atom stereocenters. The Labute approximate surface area is 152 Å². The van der Waals surface area contributed by atoms with E-state index >= 15 is 0 Å². The molecule has 27 heavy (non-hydrogen) atoms. The zero-order valence-corrected chi connectivity index (χ0v) is 14.2. The van der Waals surface area contributed by atoms with Crippen molar-refractivity contribution in [2.24, 2.45) is 0 Å². The van der Waals surface area contributed by atoms with Crippen molar-refractivity contribution in [3.63, 3.8) is 0 Å². The highest BCUT2D eigenvalue weighted by Crippen LogP contribution is 2.24. The first kappa shape index (κ1) is 16.9. The van der Waals surface area contributed by atoms with Crippen molar-refractivity contribution >= 4 is 22.8 Å². The van der Waals surface area contributed by atoms with Crippen LogP contribution < -0.4 is 10.1 Å². The van der Waals surface area contributed by atoms with E-state index in [1.165, 1.54) is 6.07 Å². The lowest BCUT2D eigenvalue weighted by Gasteiger charge is -2.14. The third-order valence-corrected chi connectivity index (χ3v) is 4.03. The summed E-state index contributed by atoms with van der Waals surface area (Å²) in [5.41, 5.74) is 2.45. The van der Waals surface area contributed by atoms with Gasteiger partial charge in [0, 0.05) is 18.5 Å². The maximum absolute atomic E-state index is 12.2. The highest BCUT2D eigenvalue weighted by Gasteiger charge is 2.14. The van der Waals surface area contributed by atoms with E-state index in [9.17, 15) is 8.78 Å². The summed E-state index contributed by atoms with van der Waals surface area (Å²) in [5.74, 6) is 0.683. The first-order chi connectivity index (χ1) is 13.1. The number of hydrogen-bond donors (Lipinski definition) is 2. The lowest BCUT2D eigenvalue weighted by atomic mass is 10.1. The van der Waals surface area contributed by atoms with Crippen LogP contribution in [0.5, 0.6) is 5.88 Å². The Balaban J connectivity index is 1.61. The number of halogens is 2. The van der Waals surface area contributed by atoms with Gasteiger partial charge in [0.15, 0.2) is 5.65 Å². The van der Waals surface area contributed by atoms with Gasteiger partial charge in [0.2, 0.25) is 5.88 Å². The monoisotopic (exact) mass is 371 g/mol. The van der Waals surface area contributed by atoms with Crippen molar-refractivity contribution in [3.8, 4) is 5.88 Å². The Kier molecular flexibility index (Phi) is 4.37. The molecule has 4 aromatic rings. The van der Waals surface area contributed by atoms with Crippen LogP contribution in [0.25, 0.3) is 11.2 Å². The lowest BCUT2D eigenvalue weighted by Crippen LogP contribution is -2.07. The predicted molar refractivity (Wildman–Crippen MR) is 94.1 cm³/mol. The highest BCUT2D eigenvalue weighted by atomic mass is 19.3. The number of aromatic nitrogens is 6. The van der Waals surface area contributed by atoms with Gasteiger partial charge in [0.1, 0.15) is 17.2 Å². The molecular formula is C17H15F2N7O. The molecule has 0 saturated heterocycles. The second-order valence-corrected chi connectivity index (χ2v) is 5.78. The molecule has 4 aromatic heterocycles. The first-order valence-corrected chi connectivity index (χ1v) is 8.11. The molecule has 0 spiro atoms. The topological polar surface area (TPSA) is 93.5 Å². The van der Waals surface area contributed by atoms with Gasteiger partial charge in [0.25, 0.3) is 0 Å². The fourth-order valence-electron chi connectivity index (χ4n) is 2.70. The molecule has 138 valence electrons. The largest absolute Gasteiger partial charge is 0.415 e. The molecule has 4 heterocycles. The van der Waals surface area contributed by atoms with E-state index in [0.717, 1.165) is 11.1 Å². The van der Waals surface area contributed by atoms with E-state index in [-0.39, 0.29) is 11.9 Å². The molecule has 0 aromatic carbocycles. The summed E-state index contributed by atoms with van der Waals surface area (Å²) in [7, 11) is 0. The molecule has 0 saturated carbocycles. The Morgan fingerprint density at radius 2 is 2.15 bits per heavy atom. The Morgan fingerprint density at radius 3 is 2.93 bits per heavy atom. The number of hydrogen-bond acceptors (Lipinski definition) is 6. The lowest BCUT2D eigenvalue weighted by molar-refractivity contribution is -0.0528. The van der Waals surface area contributed by atoms with Crippen LogP contribution in [0.4, 0.5) is 20.4 Å². The van der Waals surface area contributed by atoms with Crippen LogP contribution >= 0.6 is 0 Å². The van der Waals surface area contributed by atoms with Crippen molar-refractivity contribution in [1.82, 2.24) is 29.7 Å². The quantitative estimate of drug-likeness (QED) is 0.539. The molecule has 0 amide bonds. The van der Waals surface area contributed by atoms with Gasteiger partial charge < -0.3 is 14.6 Å². The van der Waals surface area contributed by atoms with Crippen LogP contribution in [0.2, 0.25) is 0 Å². The van der Waals surface area contributed by atoms with Gasteiger partial charge in [-0.3, -0.25) is 10.1 Å². The number of nitrogens with zero attached hydrogens (tertiary/aromatic N) is 5. The molecule has 0 aliphatic rings. The van der Waals surface area contributed by atoms with Gasteiger partial charge in [-0.05, 0) is 30.7 Å². The van der Waals surface area contributed by atoms with Gasteiger partial charge in [-0.15, -0.1) is 5.10 Å². The van der Waals surface area contributed by atoms with Crippen LogP contribution in [0, 0.1) is 0 Å². The molecule has 4 rings (SSSR count). The standard InChI is InChI=1S/C17H15F2N7O/c1-10(11-3-2-6-20-8-11)26-9-21-12-4-5-13(23-16(12)26)22-14-7-15(25-24-14)27-17(18)19/h2-10,17H,1H3,(H2,22,23,24,25)/t10-/m0/s1. The Morgan fingerprint density at radius 1 is 1.26 bits per heavy atom. The molecular weight excluding hydrogens is 356 g/mol. The Hall–Kier alpha value is -3.56. The van der Waals surface area contributed by atoms with E-state index in [0.29, 0.717) is 17.3 Å². The number of nitrogens with one attached hydrogen (secondary N) is 2. The van der Waals surface area contributed by atoms with Crippen LogP contribution in [0.1, 0.15) is 18.5 Å². The van der Waals surface area contributed by atoms with Gasteiger partial charge >= 0.3 is 6.61 Å².